The molecule has 0 aromatic heterocycles. The predicted molar refractivity (Wildman–Crippen MR) is 211 cm³/mol. The van der Waals surface area contributed by atoms with E-state index in [9.17, 15) is 9.46 Å². The number of phosphoric acid groups is 1. The van der Waals surface area contributed by atoms with E-state index >= 15 is 0 Å². The van der Waals surface area contributed by atoms with E-state index in [1.165, 1.54) is 161 Å². The molecule has 0 spiro atoms. The second kappa shape index (κ2) is 39.2. The highest BCUT2D eigenvalue weighted by Gasteiger charge is 2.24. The smallest absolute Gasteiger partial charge is 0.379 e. The molecule has 0 saturated carbocycles. The van der Waals surface area contributed by atoms with Crippen LogP contribution in [0.15, 0.2) is 0 Å². The lowest BCUT2D eigenvalue weighted by Gasteiger charge is -2.21. The van der Waals surface area contributed by atoms with Gasteiger partial charge in [-0.05, 0) is 25.9 Å². The van der Waals surface area contributed by atoms with Crippen LogP contribution < -0.4 is 0 Å². The molecule has 7 nitrogen and oxygen atoms in total. The van der Waals surface area contributed by atoms with Gasteiger partial charge in [0.2, 0.25) is 0 Å². The third-order valence-corrected chi connectivity index (χ3v) is 10.8. The summed E-state index contributed by atoms with van der Waals surface area (Å²) >= 11 is 0. The maximum absolute atomic E-state index is 12.5. The first-order chi connectivity index (χ1) is 24.0. The zero-order valence-electron chi connectivity index (χ0n) is 33.4. The summed E-state index contributed by atoms with van der Waals surface area (Å²) < 4.78 is 35.2. The fraction of sp³-hybridized carbons (Fsp3) is 1.00. The van der Waals surface area contributed by atoms with E-state index in [1.54, 1.807) is 0 Å². The molecule has 0 amide bonds. The van der Waals surface area contributed by atoms with Crippen molar-refractivity contribution in [3.8, 4) is 0 Å². The van der Waals surface area contributed by atoms with Crippen LogP contribution in [0.2, 0.25) is 0 Å². The van der Waals surface area contributed by atoms with E-state index in [-0.39, 0.29) is 19.3 Å². The minimum absolute atomic E-state index is 0.00358. The first kappa shape index (κ1) is 49.0. The Morgan fingerprint density at radius 3 is 1.22 bits per heavy atom. The molecule has 2 atom stereocenters. The van der Waals surface area contributed by atoms with Gasteiger partial charge in [0.25, 0.3) is 0 Å². The van der Waals surface area contributed by atoms with Crippen molar-refractivity contribution >= 4 is 7.82 Å². The second-order valence-corrected chi connectivity index (χ2v) is 15.8. The van der Waals surface area contributed by atoms with Crippen molar-refractivity contribution in [2.24, 2.45) is 0 Å². The molecule has 0 aliphatic rings. The maximum atomic E-state index is 12.5. The average Bonchev–Trinajstić information content (AvgIpc) is 3.10. The monoisotopic (exact) mass is 720 g/mol. The molecule has 1 N–H and O–H groups in total. The van der Waals surface area contributed by atoms with Crippen LogP contribution in [0.4, 0.5) is 0 Å². The summed E-state index contributed by atoms with van der Waals surface area (Å²) in [6.07, 6.45) is 36.9. The second-order valence-electron chi connectivity index (χ2n) is 14.4. The number of nitrogens with zero attached hydrogens (tertiary/aromatic N) is 1. The van der Waals surface area contributed by atoms with Gasteiger partial charge in [0, 0.05) is 19.8 Å². The Morgan fingerprint density at radius 2 is 0.837 bits per heavy atom. The Kier molecular flexibility index (Phi) is 39.2. The van der Waals surface area contributed by atoms with E-state index in [1.807, 2.05) is 0 Å². The van der Waals surface area contributed by atoms with E-state index in [0.717, 1.165) is 32.4 Å². The van der Waals surface area contributed by atoms with Crippen LogP contribution in [0, 0.1) is 0 Å². The zero-order chi connectivity index (χ0) is 35.9. The molecular formula is C41H86NO6P. The van der Waals surface area contributed by atoms with Gasteiger partial charge in [-0.3, -0.25) is 9.05 Å². The Morgan fingerprint density at radius 1 is 0.469 bits per heavy atom. The quantitative estimate of drug-likeness (QED) is 0.0497. The minimum atomic E-state index is -4.14. The molecule has 0 aliphatic carbocycles. The van der Waals surface area contributed by atoms with Crippen molar-refractivity contribution in [3.63, 3.8) is 0 Å². The van der Waals surface area contributed by atoms with Gasteiger partial charge in [0.05, 0.1) is 19.8 Å². The summed E-state index contributed by atoms with van der Waals surface area (Å²) in [5.41, 5.74) is 0. The molecule has 0 aromatic rings. The highest BCUT2D eigenvalue weighted by molar-refractivity contribution is 7.47. The average molecular weight is 720 g/mol. The van der Waals surface area contributed by atoms with Gasteiger partial charge in [-0.2, -0.15) is 0 Å². The molecular weight excluding hydrogens is 633 g/mol. The molecule has 0 saturated heterocycles. The van der Waals surface area contributed by atoms with Crippen LogP contribution in [0.5, 0.6) is 0 Å². The van der Waals surface area contributed by atoms with Gasteiger partial charge in [-0.15, -0.1) is 0 Å². The Balaban J connectivity index is 4.13. The van der Waals surface area contributed by atoms with E-state index in [2.05, 4.69) is 32.6 Å². The standard InChI is InChI=1S/C41H86NO6P/c1-5-9-11-13-15-17-19-21-23-25-27-29-31-33-36-45-39-41(40-48-49(43,44)47-38-35-42(7-3)8-4)46-37-34-32-30-28-26-24-22-20-18-16-14-12-10-6-2/h41H,5-40H2,1-4H3,(H,43,44)/t41-/m0/s1. The van der Waals surface area contributed by atoms with E-state index in [4.69, 9.17) is 18.5 Å². The van der Waals surface area contributed by atoms with Gasteiger partial charge in [-0.25, -0.2) is 4.57 Å². The highest BCUT2D eigenvalue weighted by atomic mass is 31.2. The van der Waals surface area contributed by atoms with Crippen molar-refractivity contribution < 1.29 is 28.0 Å². The molecule has 0 fully saturated rings. The van der Waals surface area contributed by atoms with Gasteiger partial charge >= 0.3 is 7.82 Å². The van der Waals surface area contributed by atoms with Crippen molar-refractivity contribution in [1.29, 1.82) is 0 Å². The number of phosphoric ester groups is 1. The van der Waals surface area contributed by atoms with Crippen molar-refractivity contribution in [3.05, 3.63) is 0 Å². The zero-order valence-corrected chi connectivity index (χ0v) is 34.3. The van der Waals surface area contributed by atoms with Gasteiger partial charge < -0.3 is 19.3 Å². The number of likely N-dealkylation sites (N-methyl/N-ethyl adjacent to an activating group) is 1. The van der Waals surface area contributed by atoms with E-state index < -0.39 is 7.82 Å². The molecule has 0 heterocycles. The summed E-state index contributed by atoms with van der Waals surface area (Å²) in [6.45, 7) is 12.9. The lowest BCUT2D eigenvalue weighted by molar-refractivity contribution is -0.0445. The lowest BCUT2D eigenvalue weighted by atomic mass is 10.0. The molecule has 1 unspecified atom stereocenters. The van der Waals surface area contributed by atoms with Gasteiger partial charge in [0.15, 0.2) is 0 Å². The fourth-order valence-electron chi connectivity index (χ4n) is 6.34. The SMILES string of the molecule is CCCCCCCCCCCCCCCCOC[C@@H](COP(=O)(O)OCCN(CC)CC)OCCCCCCCCCCCCCCCC. The van der Waals surface area contributed by atoms with E-state index in [0.29, 0.717) is 26.4 Å². The van der Waals surface area contributed by atoms with Crippen LogP contribution in [0.1, 0.15) is 207 Å². The summed E-state index contributed by atoms with van der Waals surface area (Å²) in [5.74, 6) is 0. The van der Waals surface area contributed by atoms with Crippen LogP contribution in [0.3, 0.4) is 0 Å². The maximum Gasteiger partial charge on any atom is 0.472 e. The third kappa shape index (κ3) is 37.6. The summed E-state index contributed by atoms with van der Waals surface area (Å²) in [6, 6.07) is 0. The fourth-order valence-corrected chi connectivity index (χ4v) is 7.09. The van der Waals surface area contributed by atoms with Gasteiger partial charge in [0.1, 0.15) is 6.10 Å². The number of hydrogen-bond donors (Lipinski definition) is 1. The minimum Gasteiger partial charge on any atom is -0.379 e. The summed E-state index contributed by atoms with van der Waals surface area (Å²) in [5, 5.41) is 0. The molecule has 0 aliphatic heterocycles. The topological polar surface area (TPSA) is 77.5 Å². The molecule has 0 rings (SSSR count). The normalized spacial score (nSPS) is 13.8. The molecule has 0 aromatic carbocycles. The Labute approximate surface area is 306 Å². The number of rotatable bonds is 42. The van der Waals surface area contributed by atoms with Crippen molar-refractivity contribution in [1.82, 2.24) is 4.90 Å². The lowest BCUT2D eigenvalue weighted by Crippen LogP contribution is -2.28. The number of ether oxygens (including phenoxy) is 2. The van der Waals surface area contributed by atoms with Crippen LogP contribution >= 0.6 is 7.82 Å². The number of hydrogen-bond acceptors (Lipinski definition) is 6. The number of unbranched alkanes of at least 4 members (excludes halogenated alkanes) is 26. The van der Waals surface area contributed by atoms with Crippen LogP contribution in [0.25, 0.3) is 0 Å². The highest BCUT2D eigenvalue weighted by Crippen LogP contribution is 2.43. The molecule has 0 radical (unpaired) electrons. The summed E-state index contributed by atoms with van der Waals surface area (Å²) in [7, 11) is -4.14. The summed E-state index contributed by atoms with van der Waals surface area (Å²) in [4.78, 5) is 12.4. The molecule has 296 valence electrons. The largest absolute Gasteiger partial charge is 0.472 e. The molecule has 8 heteroatoms. The molecule has 0 bridgehead atoms. The molecule has 49 heavy (non-hydrogen) atoms. The van der Waals surface area contributed by atoms with Gasteiger partial charge in [-0.1, -0.05) is 195 Å². The predicted octanol–water partition coefficient (Wildman–Crippen LogP) is 12.8. The van der Waals surface area contributed by atoms with Crippen molar-refractivity contribution in [2.75, 3.05) is 52.7 Å². The van der Waals surface area contributed by atoms with Crippen LogP contribution in [-0.2, 0) is 23.1 Å². The first-order valence-corrected chi connectivity index (χ1v) is 23.0. The third-order valence-electron chi connectivity index (χ3n) is 9.78. The first-order valence-electron chi connectivity index (χ1n) is 21.5. The van der Waals surface area contributed by atoms with Crippen LogP contribution in [-0.4, -0.2) is 68.6 Å². The Bertz CT molecular complexity index is 680. The van der Waals surface area contributed by atoms with Crippen molar-refractivity contribution in [2.45, 2.75) is 214 Å². The Hall–Kier alpha value is -0.0100.